The van der Waals surface area contributed by atoms with Gasteiger partial charge in [0.15, 0.2) is 6.61 Å². The number of hydrogen-bond donors (Lipinski definition) is 2. The Morgan fingerprint density at radius 3 is 2.60 bits per heavy atom. The number of ether oxygens (including phenoxy) is 1. The van der Waals surface area contributed by atoms with Crippen molar-refractivity contribution in [3.63, 3.8) is 0 Å². The van der Waals surface area contributed by atoms with Gasteiger partial charge in [-0.15, -0.1) is 0 Å². The van der Waals surface area contributed by atoms with E-state index in [-0.39, 0.29) is 12.5 Å². The molecule has 0 radical (unpaired) electrons. The van der Waals surface area contributed by atoms with Crippen LogP contribution in [0.4, 0.5) is 5.69 Å². The summed E-state index contributed by atoms with van der Waals surface area (Å²) in [5, 5.41) is 5.37. The quantitative estimate of drug-likeness (QED) is 0.854. The molecule has 0 aromatic heterocycles. The third-order valence-electron chi connectivity index (χ3n) is 3.61. The fraction of sp³-hybridized carbons (Fsp3) is 0.176. The lowest BCUT2D eigenvalue weighted by Gasteiger charge is -2.35. The van der Waals surface area contributed by atoms with E-state index in [1.165, 1.54) is 5.01 Å². The topological polar surface area (TPSA) is 70.7 Å². The van der Waals surface area contributed by atoms with Crippen molar-refractivity contribution < 1.29 is 14.3 Å². The minimum Gasteiger partial charge on any atom is -0.484 e. The molecule has 1 aliphatic heterocycles. The molecule has 3 rings (SSSR count). The summed E-state index contributed by atoms with van der Waals surface area (Å²) >= 11 is 11.7. The minimum atomic E-state index is -0.456. The van der Waals surface area contributed by atoms with Gasteiger partial charge in [-0.3, -0.25) is 15.0 Å². The highest BCUT2D eigenvalue weighted by Crippen LogP contribution is 2.27. The molecule has 0 fully saturated rings. The molecule has 0 aliphatic carbocycles. The van der Waals surface area contributed by atoms with Gasteiger partial charge in [-0.25, -0.2) is 5.01 Å². The maximum absolute atomic E-state index is 12.6. The zero-order chi connectivity index (χ0) is 18.0. The Balaban J connectivity index is 1.64. The van der Waals surface area contributed by atoms with Crippen LogP contribution in [0.3, 0.4) is 0 Å². The second-order valence-corrected chi connectivity index (χ2v) is 6.34. The summed E-state index contributed by atoms with van der Waals surface area (Å²) in [6.07, 6.45) is -0.416. The Morgan fingerprint density at radius 2 is 1.88 bits per heavy atom. The van der Waals surface area contributed by atoms with E-state index in [1.807, 2.05) is 0 Å². The van der Waals surface area contributed by atoms with Gasteiger partial charge in [-0.1, -0.05) is 23.2 Å². The van der Waals surface area contributed by atoms with Crippen molar-refractivity contribution in [2.45, 2.75) is 13.1 Å². The van der Waals surface area contributed by atoms with Crippen molar-refractivity contribution in [3.05, 3.63) is 58.1 Å². The van der Waals surface area contributed by atoms with Crippen LogP contribution >= 0.6 is 23.2 Å². The lowest BCUT2D eigenvalue weighted by Crippen LogP contribution is -2.56. The molecule has 2 N–H and O–H groups in total. The van der Waals surface area contributed by atoms with Crippen LogP contribution in [0.1, 0.15) is 17.3 Å². The average molecular weight is 380 g/mol. The van der Waals surface area contributed by atoms with Gasteiger partial charge in [0, 0.05) is 15.7 Å². The van der Waals surface area contributed by atoms with Gasteiger partial charge in [-0.05, 0) is 49.4 Å². The normalized spacial score (nSPS) is 16.0. The van der Waals surface area contributed by atoms with Gasteiger partial charge in [0.25, 0.3) is 11.8 Å². The molecule has 0 spiro atoms. The maximum atomic E-state index is 12.6. The Labute approximate surface area is 154 Å². The fourth-order valence-corrected chi connectivity index (χ4v) is 2.71. The SMILES string of the molecule is CC1Nc2ccc(Cl)cc2C(=O)N1NC(=O)COc1ccc(Cl)cc1. The van der Waals surface area contributed by atoms with Crippen molar-refractivity contribution in [1.82, 2.24) is 10.4 Å². The zero-order valence-electron chi connectivity index (χ0n) is 13.3. The fourth-order valence-electron chi connectivity index (χ4n) is 2.41. The van der Waals surface area contributed by atoms with Gasteiger partial charge in [0.05, 0.1) is 5.56 Å². The van der Waals surface area contributed by atoms with Crippen LogP contribution in [0.25, 0.3) is 0 Å². The lowest BCUT2D eigenvalue weighted by molar-refractivity contribution is -0.127. The molecule has 2 amide bonds. The highest BCUT2D eigenvalue weighted by molar-refractivity contribution is 6.31. The zero-order valence-corrected chi connectivity index (χ0v) is 14.8. The molecule has 1 atom stereocenters. The highest BCUT2D eigenvalue weighted by atomic mass is 35.5. The third-order valence-corrected chi connectivity index (χ3v) is 4.10. The van der Waals surface area contributed by atoms with E-state index < -0.39 is 12.1 Å². The van der Waals surface area contributed by atoms with Crippen molar-refractivity contribution in [2.75, 3.05) is 11.9 Å². The summed E-state index contributed by atoms with van der Waals surface area (Å²) in [4.78, 5) is 24.7. The summed E-state index contributed by atoms with van der Waals surface area (Å²) in [7, 11) is 0. The number of carbonyl (C=O) groups is 2. The smallest absolute Gasteiger partial charge is 0.276 e. The molecule has 0 saturated heterocycles. The molecule has 1 unspecified atom stereocenters. The predicted octanol–water partition coefficient (Wildman–Crippen LogP) is 3.32. The Bertz CT molecular complexity index is 811. The second-order valence-electron chi connectivity index (χ2n) is 5.46. The summed E-state index contributed by atoms with van der Waals surface area (Å²) < 4.78 is 5.37. The molecule has 6 nitrogen and oxygen atoms in total. The van der Waals surface area contributed by atoms with E-state index in [1.54, 1.807) is 49.4 Å². The lowest BCUT2D eigenvalue weighted by atomic mass is 10.1. The van der Waals surface area contributed by atoms with Crippen molar-refractivity contribution in [1.29, 1.82) is 0 Å². The van der Waals surface area contributed by atoms with Crippen molar-refractivity contribution >= 4 is 40.7 Å². The summed E-state index contributed by atoms with van der Waals surface area (Å²) in [6.45, 7) is 1.52. The van der Waals surface area contributed by atoms with Gasteiger partial charge >= 0.3 is 0 Å². The van der Waals surface area contributed by atoms with Gasteiger partial charge in [0.1, 0.15) is 11.9 Å². The van der Waals surface area contributed by atoms with E-state index in [0.717, 1.165) is 0 Å². The molecule has 1 aliphatic rings. The standard InChI is InChI=1S/C17H15Cl2N3O3/c1-10-20-15-7-4-12(19)8-14(15)17(24)22(10)21-16(23)9-25-13-5-2-11(18)3-6-13/h2-8,10,20H,9H2,1H3,(H,21,23). The number of hydrazine groups is 1. The predicted molar refractivity (Wildman–Crippen MR) is 95.8 cm³/mol. The average Bonchev–Trinajstić information content (AvgIpc) is 2.59. The first-order valence-corrected chi connectivity index (χ1v) is 8.27. The summed E-state index contributed by atoms with van der Waals surface area (Å²) in [5.74, 6) is -0.293. The van der Waals surface area contributed by atoms with Crippen LogP contribution in [0.2, 0.25) is 10.0 Å². The van der Waals surface area contributed by atoms with E-state index in [9.17, 15) is 9.59 Å². The molecule has 0 bridgehead atoms. The van der Waals surface area contributed by atoms with Crippen LogP contribution in [0.5, 0.6) is 5.75 Å². The summed E-state index contributed by atoms with van der Waals surface area (Å²) in [6, 6.07) is 11.6. The Morgan fingerprint density at radius 1 is 1.20 bits per heavy atom. The molecular weight excluding hydrogens is 365 g/mol. The number of nitrogens with zero attached hydrogens (tertiary/aromatic N) is 1. The Hall–Kier alpha value is -2.44. The van der Waals surface area contributed by atoms with Crippen molar-refractivity contribution in [2.24, 2.45) is 0 Å². The number of amides is 2. The van der Waals surface area contributed by atoms with Crippen LogP contribution < -0.4 is 15.5 Å². The van der Waals surface area contributed by atoms with E-state index in [0.29, 0.717) is 27.0 Å². The molecule has 25 heavy (non-hydrogen) atoms. The molecular formula is C17H15Cl2N3O3. The van der Waals surface area contributed by atoms with E-state index in [4.69, 9.17) is 27.9 Å². The minimum absolute atomic E-state index is 0.236. The molecule has 2 aromatic rings. The molecule has 130 valence electrons. The highest BCUT2D eigenvalue weighted by Gasteiger charge is 2.30. The first-order valence-electron chi connectivity index (χ1n) is 7.51. The Kier molecular flexibility index (Phi) is 5.01. The van der Waals surface area contributed by atoms with Crippen LogP contribution in [0, 0.1) is 0 Å². The summed E-state index contributed by atoms with van der Waals surface area (Å²) in [5.41, 5.74) is 3.61. The number of benzene rings is 2. The molecule has 1 heterocycles. The second kappa shape index (κ2) is 7.21. The number of hydrogen-bond acceptors (Lipinski definition) is 4. The number of carbonyl (C=O) groups excluding carboxylic acids is 2. The van der Waals surface area contributed by atoms with Gasteiger partial charge < -0.3 is 10.1 Å². The molecule has 2 aromatic carbocycles. The van der Waals surface area contributed by atoms with E-state index in [2.05, 4.69) is 10.7 Å². The first-order chi connectivity index (χ1) is 11.9. The van der Waals surface area contributed by atoms with Gasteiger partial charge in [0.2, 0.25) is 0 Å². The third kappa shape index (κ3) is 3.97. The van der Waals surface area contributed by atoms with Gasteiger partial charge in [-0.2, -0.15) is 0 Å². The molecule has 8 heteroatoms. The molecule has 0 saturated carbocycles. The number of rotatable bonds is 4. The maximum Gasteiger partial charge on any atom is 0.276 e. The number of nitrogens with one attached hydrogen (secondary N) is 2. The van der Waals surface area contributed by atoms with Crippen LogP contribution in [-0.2, 0) is 4.79 Å². The number of halogens is 2. The monoisotopic (exact) mass is 379 g/mol. The van der Waals surface area contributed by atoms with Crippen LogP contribution in [0.15, 0.2) is 42.5 Å². The largest absolute Gasteiger partial charge is 0.484 e. The van der Waals surface area contributed by atoms with Crippen LogP contribution in [-0.4, -0.2) is 29.6 Å². The van der Waals surface area contributed by atoms with Crippen molar-refractivity contribution in [3.8, 4) is 5.75 Å². The first kappa shape index (κ1) is 17.4. The van der Waals surface area contributed by atoms with E-state index >= 15 is 0 Å². The number of fused-ring (bicyclic) bond motifs is 1. The number of anilines is 1.